The van der Waals surface area contributed by atoms with Crippen LogP contribution in [0.25, 0.3) is 0 Å². The largest absolute Gasteiger partial charge is 0.442 e. The van der Waals surface area contributed by atoms with Gasteiger partial charge in [-0.2, -0.15) is 0 Å². The molecule has 0 radical (unpaired) electrons. The molecule has 0 aliphatic carbocycles. The number of carbonyl (C=O) groups excluding carboxylic acids is 4. The van der Waals surface area contributed by atoms with Crippen molar-refractivity contribution in [2.24, 2.45) is 0 Å². The number of benzene rings is 3. The lowest BCUT2D eigenvalue weighted by atomic mass is 10.1. The molecule has 0 spiro atoms. The van der Waals surface area contributed by atoms with Crippen LogP contribution >= 0.6 is 0 Å². The molecule has 1 heterocycles. The van der Waals surface area contributed by atoms with Crippen LogP contribution < -0.4 is 5.32 Å². The summed E-state index contributed by atoms with van der Waals surface area (Å²) in [5, 5.41) is 2.69. The van der Waals surface area contributed by atoms with E-state index in [1.165, 1.54) is 0 Å². The third kappa shape index (κ3) is 4.41. The van der Waals surface area contributed by atoms with Crippen molar-refractivity contribution in [1.29, 1.82) is 0 Å². The van der Waals surface area contributed by atoms with Crippen LogP contribution in [0, 0.1) is 0 Å². The maximum Gasteiger partial charge on any atom is 0.330 e. The van der Waals surface area contributed by atoms with Gasteiger partial charge in [0.2, 0.25) is 0 Å². The van der Waals surface area contributed by atoms with Crippen molar-refractivity contribution in [1.82, 2.24) is 10.2 Å². The van der Waals surface area contributed by atoms with Gasteiger partial charge in [0, 0.05) is 12.0 Å². The molecule has 32 heavy (non-hydrogen) atoms. The molecule has 0 saturated carbocycles. The first-order chi connectivity index (χ1) is 15.5. The summed E-state index contributed by atoms with van der Waals surface area (Å²) in [5.41, 5.74) is 1.76. The van der Waals surface area contributed by atoms with Crippen LogP contribution in [0.2, 0.25) is 0 Å². The number of hydrogen-bond acceptors (Lipinski definition) is 5. The normalized spacial score (nSPS) is 13.4. The zero-order valence-electron chi connectivity index (χ0n) is 17.1. The van der Waals surface area contributed by atoms with E-state index in [2.05, 4.69) is 5.32 Å². The summed E-state index contributed by atoms with van der Waals surface area (Å²) in [6.45, 7) is -0.530. The lowest BCUT2D eigenvalue weighted by molar-refractivity contribution is -0.148. The summed E-state index contributed by atoms with van der Waals surface area (Å²) in [6.07, 6.45) is 0.195. The summed E-state index contributed by atoms with van der Waals surface area (Å²) in [7, 11) is 0. The van der Waals surface area contributed by atoms with Gasteiger partial charge in [-0.15, -0.1) is 0 Å². The van der Waals surface area contributed by atoms with Crippen LogP contribution in [-0.4, -0.2) is 41.4 Å². The molecule has 1 aliphatic heterocycles. The number of rotatable bonds is 7. The molecule has 1 atom stereocenters. The molecule has 0 saturated heterocycles. The fourth-order valence-corrected chi connectivity index (χ4v) is 3.46. The molecule has 3 amide bonds. The number of carbonyl (C=O) groups is 4. The molecular weight excluding hydrogens is 408 g/mol. The van der Waals surface area contributed by atoms with Gasteiger partial charge in [0.15, 0.2) is 6.73 Å². The fourth-order valence-electron chi connectivity index (χ4n) is 3.46. The van der Waals surface area contributed by atoms with Crippen molar-refractivity contribution in [2.75, 3.05) is 6.73 Å². The molecule has 0 fully saturated rings. The second-order valence-corrected chi connectivity index (χ2v) is 7.26. The van der Waals surface area contributed by atoms with E-state index in [1.807, 2.05) is 30.3 Å². The summed E-state index contributed by atoms with van der Waals surface area (Å²) in [5.74, 6) is -2.21. The monoisotopic (exact) mass is 428 g/mol. The molecule has 7 heteroatoms. The number of esters is 1. The standard InChI is InChI=1S/C25H20N2O5/c28-22(18-11-5-2-6-12-18)26-21(15-17-9-3-1-4-10-17)25(31)32-16-27-23(29)19-13-7-8-14-20(19)24(27)30/h1-14,21H,15-16H2,(H,26,28). The van der Waals surface area contributed by atoms with E-state index in [-0.39, 0.29) is 17.5 Å². The Kier molecular flexibility index (Phi) is 6.07. The number of amides is 3. The minimum atomic E-state index is -1.000. The van der Waals surface area contributed by atoms with E-state index in [4.69, 9.17) is 4.74 Å². The quantitative estimate of drug-likeness (QED) is 0.462. The highest BCUT2D eigenvalue weighted by Gasteiger charge is 2.36. The average Bonchev–Trinajstić information content (AvgIpc) is 3.08. The molecule has 4 rings (SSSR count). The first-order valence-electron chi connectivity index (χ1n) is 10.1. The van der Waals surface area contributed by atoms with Crippen molar-refractivity contribution in [3.05, 3.63) is 107 Å². The molecule has 3 aromatic rings. The Morgan fingerprint density at radius 2 is 1.31 bits per heavy atom. The van der Waals surface area contributed by atoms with Gasteiger partial charge in [0.05, 0.1) is 11.1 Å². The van der Waals surface area contributed by atoms with E-state index in [0.717, 1.165) is 10.5 Å². The van der Waals surface area contributed by atoms with Gasteiger partial charge in [0.25, 0.3) is 17.7 Å². The van der Waals surface area contributed by atoms with Crippen LogP contribution in [0.4, 0.5) is 0 Å². The lowest BCUT2D eigenvalue weighted by Gasteiger charge is -2.20. The highest BCUT2D eigenvalue weighted by Crippen LogP contribution is 2.22. The van der Waals surface area contributed by atoms with Gasteiger partial charge in [0.1, 0.15) is 6.04 Å². The van der Waals surface area contributed by atoms with Crippen molar-refractivity contribution >= 4 is 23.7 Å². The zero-order chi connectivity index (χ0) is 22.5. The Bertz CT molecular complexity index is 1130. The second kappa shape index (κ2) is 9.26. The summed E-state index contributed by atoms with van der Waals surface area (Å²) >= 11 is 0. The van der Waals surface area contributed by atoms with Crippen LogP contribution in [0.15, 0.2) is 84.9 Å². The lowest BCUT2D eigenvalue weighted by Crippen LogP contribution is -2.45. The van der Waals surface area contributed by atoms with Gasteiger partial charge in [-0.3, -0.25) is 14.4 Å². The fraction of sp³-hybridized carbons (Fsp3) is 0.120. The van der Waals surface area contributed by atoms with Gasteiger partial charge in [-0.25, -0.2) is 9.69 Å². The molecule has 1 N–H and O–H groups in total. The van der Waals surface area contributed by atoms with E-state index < -0.39 is 36.5 Å². The smallest absolute Gasteiger partial charge is 0.330 e. The maximum atomic E-state index is 12.9. The van der Waals surface area contributed by atoms with Crippen LogP contribution in [0.5, 0.6) is 0 Å². The van der Waals surface area contributed by atoms with Crippen LogP contribution in [-0.2, 0) is 16.0 Å². The first-order valence-corrected chi connectivity index (χ1v) is 10.1. The van der Waals surface area contributed by atoms with Crippen molar-refractivity contribution in [3.63, 3.8) is 0 Å². The van der Waals surface area contributed by atoms with Crippen LogP contribution in [0.1, 0.15) is 36.6 Å². The van der Waals surface area contributed by atoms with Crippen molar-refractivity contribution < 1.29 is 23.9 Å². The number of hydrogen-bond donors (Lipinski definition) is 1. The summed E-state index contributed by atoms with van der Waals surface area (Å²) < 4.78 is 5.30. The Balaban J connectivity index is 1.47. The summed E-state index contributed by atoms with van der Waals surface area (Å²) in [6, 6.07) is 23.1. The predicted molar refractivity (Wildman–Crippen MR) is 116 cm³/mol. The number of ether oxygens (including phenoxy) is 1. The molecule has 0 bridgehead atoms. The highest BCUT2D eigenvalue weighted by atomic mass is 16.5. The Morgan fingerprint density at radius 3 is 1.91 bits per heavy atom. The molecule has 1 aliphatic rings. The average molecular weight is 428 g/mol. The van der Waals surface area contributed by atoms with Crippen molar-refractivity contribution in [2.45, 2.75) is 12.5 Å². The second-order valence-electron chi connectivity index (χ2n) is 7.26. The topological polar surface area (TPSA) is 92.8 Å². The molecule has 160 valence electrons. The first kappa shape index (κ1) is 21.0. The van der Waals surface area contributed by atoms with Crippen LogP contribution in [0.3, 0.4) is 0 Å². The molecular formula is C25H20N2O5. The maximum absolute atomic E-state index is 12.9. The predicted octanol–water partition coefficient (Wildman–Crippen LogP) is 2.82. The van der Waals surface area contributed by atoms with E-state index in [9.17, 15) is 19.2 Å². The SMILES string of the molecule is O=C(NC(Cc1ccccc1)C(=O)OCN1C(=O)c2ccccc2C1=O)c1ccccc1. The number of nitrogens with one attached hydrogen (secondary N) is 1. The number of fused-ring (bicyclic) bond motifs is 1. The van der Waals surface area contributed by atoms with Gasteiger partial charge < -0.3 is 10.1 Å². The Morgan fingerprint density at radius 1 is 0.781 bits per heavy atom. The summed E-state index contributed by atoms with van der Waals surface area (Å²) in [4.78, 5) is 51.3. The van der Waals surface area contributed by atoms with Gasteiger partial charge >= 0.3 is 5.97 Å². The zero-order valence-corrected chi connectivity index (χ0v) is 17.1. The van der Waals surface area contributed by atoms with Gasteiger partial charge in [-0.05, 0) is 29.8 Å². The minimum Gasteiger partial charge on any atom is -0.442 e. The number of imide groups is 1. The van der Waals surface area contributed by atoms with Gasteiger partial charge in [-0.1, -0.05) is 60.7 Å². The van der Waals surface area contributed by atoms with E-state index in [0.29, 0.717) is 5.56 Å². The van der Waals surface area contributed by atoms with E-state index in [1.54, 1.807) is 54.6 Å². The third-order valence-corrected chi connectivity index (χ3v) is 5.12. The Labute approximate surface area is 184 Å². The molecule has 3 aromatic carbocycles. The number of nitrogens with zero attached hydrogens (tertiary/aromatic N) is 1. The minimum absolute atomic E-state index is 0.195. The Hall–Kier alpha value is -4.26. The van der Waals surface area contributed by atoms with E-state index >= 15 is 0 Å². The molecule has 7 nitrogen and oxygen atoms in total. The van der Waals surface area contributed by atoms with Crippen molar-refractivity contribution in [3.8, 4) is 0 Å². The molecule has 0 aromatic heterocycles. The molecule has 1 unspecified atom stereocenters. The highest BCUT2D eigenvalue weighted by molar-refractivity contribution is 6.21. The third-order valence-electron chi connectivity index (χ3n) is 5.12.